The predicted octanol–water partition coefficient (Wildman–Crippen LogP) is 5.91. The molecule has 0 bridgehead atoms. The topological polar surface area (TPSA) is 64.0 Å². The Morgan fingerprint density at radius 1 is 1.12 bits per heavy atom. The Balaban J connectivity index is 1.72. The molecule has 168 valence electrons. The Morgan fingerprint density at radius 2 is 1.82 bits per heavy atom. The van der Waals surface area contributed by atoms with Crippen molar-refractivity contribution in [2.24, 2.45) is 0 Å². The van der Waals surface area contributed by atoms with Gasteiger partial charge in [-0.25, -0.2) is 9.37 Å². The third kappa shape index (κ3) is 4.79. The van der Waals surface area contributed by atoms with Crippen LogP contribution in [0.1, 0.15) is 18.1 Å². The van der Waals surface area contributed by atoms with Gasteiger partial charge in [0.05, 0.1) is 32.6 Å². The van der Waals surface area contributed by atoms with Gasteiger partial charge < -0.3 is 5.32 Å². The van der Waals surface area contributed by atoms with Gasteiger partial charge in [-0.2, -0.15) is 0 Å². The Hall–Kier alpha value is -3.16. The molecule has 8 heteroatoms. The number of benzene rings is 3. The van der Waals surface area contributed by atoms with E-state index in [0.717, 1.165) is 22.9 Å². The molecule has 0 saturated heterocycles. The zero-order valence-corrected chi connectivity index (χ0v) is 19.8. The molecule has 0 fully saturated rings. The number of thioether (sulfide) groups is 1. The number of rotatable bonds is 5. The number of halogens is 2. The summed E-state index contributed by atoms with van der Waals surface area (Å²) in [7, 11) is 0. The van der Waals surface area contributed by atoms with Crippen molar-refractivity contribution in [1.29, 1.82) is 0 Å². The molecule has 0 aliphatic heterocycles. The molecule has 1 aromatic heterocycles. The van der Waals surface area contributed by atoms with Gasteiger partial charge >= 0.3 is 0 Å². The fraction of sp³-hybridized carbons (Fsp3) is 0.160. The van der Waals surface area contributed by atoms with E-state index < -0.39 is 11.1 Å². The second kappa shape index (κ2) is 9.37. The predicted molar refractivity (Wildman–Crippen MR) is 132 cm³/mol. The molecule has 1 heterocycles. The first-order valence-electron chi connectivity index (χ1n) is 10.3. The van der Waals surface area contributed by atoms with E-state index in [2.05, 4.69) is 10.3 Å². The van der Waals surface area contributed by atoms with Crippen LogP contribution in [-0.4, -0.2) is 20.7 Å². The molecule has 4 aromatic rings. The van der Waals surface area contributed by atoms with Crippen molar-refractivity contribution in [3.05, 3.63) is 93.0 Å². The first kappa shape index (κ1) is 23.0. The van der Waals surface area contributed by atoms with Crippen LogP contribution in [0.5, 0.6) is 0 Å². The molecule has 4 rings (SSSR count). The van der Waals surface area contributed by atoms with E-state index in [1.54, 1.807) is 37.3 Å². The molecule has 0 aliphatic rings. The highest BCUT2D eigenvalue weighted by atomic mass is 35.5. The van der Waals surface area contributed by atoms with Gasteiger partial charge in [0.25, 0.3) is 5.56 Å². The third-order valence-corrected chi connectivity index (χ3v) is 6.51. The normalized spacial score (nSPS) is 12.0. The second-order valence-corrected chi connectivity index (χ2v) is 9.43. The van der Waals surface area contributed by atoms with Crippen molar-refractivity contribution >= 4 is 45.9 Å². The highest BCUT2D eigenvalue weighted by molar-refractivity contribution is 8.00. The monoisotopic (exact) mass is 481 g/mol. The van der Waals surface area contributed by atoms with E-state index in [4.69, 9.17) is 11.6 Å². The van der Waals surface area contributed by atoms with Gasteiger partial charge in [-0.1, -0.05) is 41.6 Å². The number of hydrogen-bond acceptors (Lipinski definition) is 4. The molecular weight excluding hydrogens is 461 g/mol. The lowest BCUT2D eigenvalue weighted by atomic mass is 10.1. The minimum absolute atomic E-state index is 0.276. The number of aromatic nitrogens is 2. The zero-order valence-electron chi connectivity index (χ0n) is 18.2. The van der Waals surface area contributed by atoms with Crippen molar-refractivity contribution in [3.8, 4) is 5.69 Å². The second-order valence-electron chi connectivity index (χ2n) is 7.72. The average molecular weight is 482 g/mol. The minimum atomic E-state index is -0.596. The van der Waals surface area contributed by atoms with Crippen molar-refractivity contribution in [3.63, 3.8) is 0 Å². The lowest BCUT2D eigenvalue weighted by molar-refractivity contribution is -0.115. The van der Waals surface area contributed by atoms with Crippen LogP contribution in [0.3, 0.4) is 0 Å². The minimum Gasteiger partial charge on any atom is -0.324 e. The summed E-state index contributed by atoms with van der Waals surface area (Å²) in [6.45, 7) is 5.54. The maximum absolute atomic E-state index is 13.5. The highest BCUT2D eigenvalue weighted by Gasteiger charge is 2.21. The van der Waals surface area contributed by atoms with E-state index in [1.807, 2.05) is 19.9 Å². The Labute approximate surface area is 199 Å². The first-order chi connectivity index (χ1) is 15.7. The smallest absolute Gasteiger partial charge is 0.266 e. The fourth-order valence-corrected chi connectivity index (χ4v) is 4.82. The summed E-state index contributed by atoms with van der Waals surface area (Å²) < 4.78 is 14.9. The van der Waals surface area contributed by atoms with Gasteiger partial charge in [-0.3, -0.25) is 14.2 Å². The molecule has 33 heavy (non-hydrogen) atoms. The Kier molecular flexibility index (Phi) is 6.54. The lowest BCUT2D eigenvalue weighted by Crippen LogP contribution is -2.26. The standard InChI is InChI=1S/C25H21ClFN3O2S/c1-14-12-15(2)22(20(26)13-14)29-23(31)16(3)33-25-28-21-7-5-4-6-19(21)24(32)30(25)18-10-8-17(27)9-11-18/h4-13,16H,1-3H3,(H,29,31). The van der Waals surface area contributed by atoms with E-state index in [0.29, 0.717) is 32.5 Å². The van der Waals surface area contributed by atoms with Crippen molar-refractivity contribution in [1.82, 2.24) is 9.55 Å². The quantitative estimate of drug-likeness (QED) is 0.284. The number of aryl methyl sites for hydroxylation is 2. The van der Waals surface area contributed by atoms with E-state index in [9.17, 15) is 14.0 Å². The lowest BCUT2D eigenvalue weighted by Gasteiger charge is -2.18. The van der Waals surface area contributed by atoms with E-state index in [-0.39, 0.29) is 11.5 Å². The van der Waals surface area contributed by atoms with Crippen LogP contribution in [-0.2, 0) is 4.79 Å². The van der Waals surface area contributed by atoms with Gasteiger partial charge in [0.2, 0.25) is 5.91 Å². The number of para-hydroxylation sites is 1. The van der Waals surface area contributed by atoms with Crippen LogP contribution in [0.25, 0.3) is 16.6 Å². The van der Waals surface area contributed by atoms with Crippen LogP contribution in [0.2, 0.25) is 5.02 Å². The maximum Gasteiger partial charge on any atom is 0.266 e. The number of nitrogens with zero attached hydrogens (tertiary/aromatic N) is 2. The summed E-state index contributed by atoms with van der Waals surface area (Å²) in [5.74, 6) is -0.685. The summed E-state index contributed by atoms with van der Waals surface area (Å²) in [4.78, 5) is 30.9. The first-order valence-corrected chi connectivity index (χ1v) is 11.5. The number of carbonyl (C=O) groups is 1. The SMILES string of the molecule is Cc1cc(C)c(NC(=O)C(C)Sc2nc3ccccc3c(=O)n2-c2ccc(F)cc2)c(Cl)c1. The van der Waals surface area contributed by atoms with Crippen LogP contribution < -0.4 is 10.9 Å². The van der Waals surface area contributed by atoms with Crippen molar-refractivity contribution in [2.45, 2.75) is 31.2 Å². The molecule has 0 aliphatic carbocycles. The third-order valence-electron chi connectivity index (χ3n) is 5.16. The van der Waals surface area contributed by atoms with Crippen LogP contribution in [0.4, 0.5) is 10.1 Å². The van der Waals surface area contributed by atoms with Gasteiger partial charge in [0.15, 0.2) is 5.16 Å². The molecule has 1 unspecified atom stereocenters. The number of carbonyl (C=O) groups excluding carboxylic acids is 1. The Bertz CT molecular complexity index is 1400. The summed E-state index contributed by atoms with van der Waals surface area (Å²) in [6.07, 6.45) is 0. The van der Waals surface area contributed by atoms with Crippen LogP contribution in [0.15, 0.2) is 70.6 Å². The van der Waals surface area contributed by atoms with Crippen molar-refractivity contribution < 1.29 is 9.18 Å². The van der Waals surface area contributed by atoms with Gasteiger partial charge in [0, 0.05) is 0 Å². The number of anilines is 1. The number of amides is 1. The molecule has 1 atom stereocenters. The van der Waals surface area contributed by atoms with Gasteiger partial charge in [-0.15, -0.1) is 0 Å². The number of nitrogens with one attached hydrogen (secondary N) is 1. The molecule has 0 radical (unpaired) electrons. The molecule has 3 aromatic carbocycles. The summed E-state index contributed by atoms with van der Waals surface area (Å²) in [5.41, 5.74) is 3.11. The molecular formula is C25H21ClFN3O2S. The van der Waals surface area contributed by atoms with Crippen molar-refractivity contribution in [2.75, 3.05) is 5.32 Å². The molecule has 1 N–H and O–H groups in total. The van der Waals surface area contributed by atoms with Gasteiger partial charge in [0.1, 0.15) is 5.82 Å². The van der Waals surface area contributed by atoms with Crippen LogP contribution >= 0.6 is 23.4 Å². The van der Waals surface area contributed by atoms with Crippen LogP contribution in [0, 0.1) is 19.7 Å². The number of fused-ring (bicyclic) bond motifs is 1. The molecule has 5 nitrogen and oxygen atoms in total. The molecule has 1 amide bonds. The van der Waals surface area contributed by atoms with E-state index >= 15 is 0 Å². The van der Waals surface area contributed by atoms with Gasteiger partial charge in [-0.05, 0) is 74.4 Å². The molecule has 0 spiro atoms. The largest absolute Gasteiger partial charge is 0.324 e. The maximum atomic E-state index is 13.5. The fourth-order valence-electron chi connectivity index (χ4n) is 3.52. The number of hydrogen-bond donors (Lipinski definition) is 1. The summed E-state index contributed by atoms with van der Waals surface area (Å²) in [5, 5.41) is 3.52. The Morgan fingerprint density at radius 3 is 2.52 bits per heavy atom. The zero-order chi connectivity index (χ0) is 23.7. The summed E-state index contributed by atoms with van der Waals surface area (Å²) in [6, 6.07) is 16.3. The molecule has 0 saturated carbocycles. The average Bonchev–Trinajstić information content (AvgIpc) is 2.77. The van der Waals surface area contributed by atoms with E-state index in [1.165, 1.54) is 28.8 Å². The summed E-state index contributed by atoms with van der Waals surface area (Å²) >= 11 is 7.48. The highest BCUT2D eigenvalue weighted by Crippen LogP contribution is 2.30.